The minimum Gasteiger partial charge on any atom is -0.308 e. The lowest BCUT2D eigenvalue weighted by Crippen LogP contribution is -2.38. The van der Waals surface area contributed by atoms with Crippen molar-refractivity contribution in [1.82, 2.24) is 15.2 Å². The second-order valence-electron chi connectivity index (χ2n) is 5.98. The van der Waals surface area contributed by atoms with Crippen LogP contribution in [0.4, 0.5) is 0 Å². The molecule has 1 aromatic heterocycles. The Labute approximate surface area is 117 Å². The van der Waals surface area contributed by atoms with Crippen LogP contribution in [0.25, 0.3) is 0 Å². The maximum atomic E-state index is 4.37. The smallest absolute Gasteiger partial charge is 0.0544 e. The van der Waals surface area contributed by atoms with Gasteiger partial charge in [0, 0.05) is 31.4 Å². The first-order chi connectivity index (χ1) is 8.90. The van der Waals surface area contributed by atoms with E-state index < -0.39 is 0 Å². The second kappa shape index (κ2) is 7.41. The molecule has 0 saturated carbocycles. The van der Waals surface area contributed by atoms with Gasteiger partial charge in [0.1, 0.15) is 0 Å². The number of nitrogens with zero attached hydrogens (tertiary/aromatic N) is 2. The summed E-state index contributed by atoms with van der Waals surface area (Å²) in [6, 6.07) is 6.05. The zero-order valence-electron chi connectivity index (χ0n) is 12.7. The monoisotopic (exact) mass is 261 g/mol. The Morgan fingerprint density at radius 2 is 2.11 bits per heavy atom. The third-order valence-electron chi connectivity index (χ3n) is 2.87. The third-order valence-corrected chi connectivity index (χ3v) is 2.87. The Morgan fingerprint density at radius 3 is 2.63 bits per heavy atom. The summed E-state index contributed by atoms with van der Waals surface area (Å²) in [6.45, 7) is 16.5. The van der Waals surface area contributed by atoms with Crippen molar-refractivity contribution in [3.8, 4) is 0 Å². The van der Waals surface area contributed by atoms with Gasteiger partial charge in [0.2, 0.25) is 0 Å². The van der Waals surface area contributed by atoms with Gasteiger partial charge in [-0.15, -0.1) is 0 Å². The molecule has 0 aliphatic rings. The zero-order chi connectivity index (χ0) is 14.3. The van der Waals surface area contributed by atoms with Crippen LogP contribution >= 0.6 is 0 Å². The van der Waals surface area contributed by atoms with Gasteiger partial charge in [0.25, 0.3) is 0 Å². The SMILES string of the molecule is C=C(CNC(C)(C)C)CN(CC)Cc1ccccn1. The van der Waals surface area contributed by atoms with E-state index in [4.69, 9.17) is 0 Å². The van der Waals surface area contributed by atoms with Crippen LogP contribution in [0.1, 0.15) is 33.4 Å². The molecule has 0 spiro atoms. The number of nitrogens with one attached hydrogen (secondary N) is 1. The molecule has 106 valence electrons. The second-order valence-corrected chi connectivity index (χ2v) is 5.98. The molecule has 3 nitrogen and oxygen atoms in total. The van der Waals surface area contributed by atoms with Crippen molar-refractivity contribution in [2.24, 2.45) is 0 Å². The Bertz CT molecular complexity index is 379. The predicted octanol–water partition coefficient (Wildman–Crippen LogP) is 2.85. The van der Waals surface area contributed by atoms with Gasteiger partial charge in [0.15, 0.2) is 0 Å². The Morgan fingerprint density at radius 1 is 1.37 bits per heavy atom. The maximum Gasteiger partial charge on any atom is 0.0544 e. The van der Waals surface area contributed by atoms with Gasteiger partial charge >= 0.3 is 0 Å². The van der Waals surface area contributed by atoms with E-state index in [0.717, 1.165) is 31.9 Å². The van der Waals surface area contributed by atoms with Crippen LogP contribution < -0.4 is 5.32 Å². The summed E-state index contributed by atoms with van der Waals surface area (Å²) in [5.74, 6) is 0. The van der Waals surface area contributed by atoms with Crippen LogP contribution in [0.15, 0.2) is 36.5 Å². The van der Waals surface area contributed by atoms with Gasteiger partial charge in [-0.3, -0.25) is 9.88 Å². The van der Waals surface area contributed by atoms with E-state index >= 15 is 0 Å². The van der Waals surface area contributed by atoms with Crippen molar-refractivity contribution < 1.29 is 0 Å². The van der Waals surface area contributed by atoms with Crippen LogP contribution in [-0.2, 0) is 6.54 Å². The van der Waals surface area contributed by atoms with Crippen molar-refractivity contribution >= 4 is 0 Å². The molecule has 0 aromatic carbocycles. The lowest BCUT2D eigenvalue weighted by molar-refractivity contribution is 0.296. The quantitative estimate of drug-likeness (QED) is 0.765. The lowest BCUT2D eigenvalue weighted by atomic mass is 10.1. The standard InChI is InChI=1S/C16H27N3/c1-6-19(13-15-9-7-8-10-17-15)12-14(2)11-18-16(3,4)5/h7-10,18H,2,6,11-13H2,1,3-5H3. The largest absolute Gasteiger partial charge is 0.308 e. The van der Waals surface area contributed by atoms with E-state index in [-0.39, 0.29) is 5.54 Å². The fraction of sp³-hybridized carbons (Fsp3) is 0.562. The number of pyridine rings is 1. The minimum atomic E-state index is 0.140. The number of rotatable bonds is 7. The van der Waals surface area contributed by atoms with Crippen LogP contribution in [0.3, 0.4) is 0 Å². The van der Waals surface area contributed by atoms with Gasteiger partial charge in [-0.1, -0.05) is 19.6 Å². The van der Waals surface area contributed by atoms with E-state index in [1.54, 1.807) is 0 Å². The van der Waals surface area contributed by atoms with Crippen molar-refractivity contribution in [3.63, 3.8) is 0 Å². The van der Waals surface area contributed by atoms with Crippen LogP contribution in [-0.4, -0.2) is 35.1 Å². The Hall–Kier alpha value is -1.19. The summed E-state index contributed by atoms with van der Waals surface area (Å²) in [5.41, 5.74) is 2.47. The van der Waals surface area contributed by atoms with E-state index in [1.807, 2.05) is 18.3 Å². The highest BCUT2D eigenvalue weighted by Crippen LogP contribution is 2.05. The highest BCUT2D eigenvalue weighted by molar-refractivity contribution is 5.06. The minimum absolute atomic E-state index is 0.140. The molecule has 0 aliphatic heterocycles. The molecule has 1 heterocycles. The topological polar surface area (TPSA) is 28.2 Å². The average molecular weight is 261 g/mol. The first kappa shape index (κ1) is 15.9. The van der Waals surface area contributed by atoms with Gasteiger partial charge in [-0.05, 0) is 45.0 Å². The molecule has 0 unspecified atom stereocenters. The Balaban J connectivity index is 2.42. The highest BCUT2D eigenvalue weighted by atomic mass is 15.1. The molecule has 1 aromatic rings. The molecular weight excluding hydrogens is 234 g/mol. The van der Waals surface area contributed by atoms with Crippen LogP contribution in [0.2, 0.25) is 0 Å². The normalized spacial score (nSPS) is 11.8. The zero-order valence-corrected chi connectivity index (χ0v) is 12.7. The summed E-state index contributed by atoms with van der Waals surface area (Å²) < 4.78 is 0. The average Bonchev–Trinajstić information content (AvgIpc) is 2.36. The first-order valence-corrected chi connectivity index (χ1v) is 6.94. The van der Waals surface area contributed by atoms with Crippen molar-refractivity contribution in [2.45, 2.75) is 39.8 Å². The molecule has 1 N–H and O–H groups in total. The van der Waals surface area contributed by atoms with E-state index in [1.165, 1.54) is 5.57 Å². The Kier molecular flexibility index (Phi) is 6.19. The number of hydrogen-bond acceptors (Lipinski definition) is 3. The van der Waals surface area contributed by atoms with Gasteiger partial charge in [0.05, 0.1) is 5.69 Å². The summed E-state index contributed by atoms with van der Waals surface area (Å²) in [7, 11) is 0. The molecule has 0 aliphatic carbocycles. The molecule has 0 radical (unpaired) electrons. The molecular formula is C16H27N3. The highest BCUT2D eigenvalue weighted by Gasteiger charge is 2.11. The summed E-state index contributed by atoms with van der Waals surface area (Å²) in [5, 5.41) is 3.47. The fourth-order valence-electron chi connectivity index (χ4n) is 1.76. The summed E-state index contributed by atoms with van der Waals surface area (Å²) in [6.07, 6.45) is 1.85. The predicted molar refractivity (Wildman–Crippen MR) is 82.1 cm³/mol. The van der Waals surface area contributed by atoms with E-state index in [9.17, 15) is 0 Å². The molecule has 3 heteroatoms. The summed E-state index contributed by atoms with van der Waals surface area (Å²) in [4.78, 5) is 6.73. The molecule has 0 bridgehead atoms. The van der Waals surface area contributed by atoms with Gasteiger partial charge < -0.3 is 5.32 Å². The van der Waals surface area contributed by atoms with Crippen LogP contribution in [0, 0.1) is 0 Å². The van der Waals surface area contributed by atoms with E-state index in [2.05, 4.69) is 55.5 Å². The van der Waals surface area contributed by atoms with Crippen molar-refractivity contribution in [1.29, 1.82) is 0 Å². The number of likely N-dealkylation sites (N-methyl/N-ethyl adjacent to an activating group) is 1. The number of hydrogen-bond donors (Lipinski definition) is 1. The van der Waals surface area contributed by atoms with Crippen LogP contribution in [0.5, 0.6) is 0 Å². The lowest BCUT2D eigenvalue weighted by Gasteiger charge is -2.25. The van der Waals surface area contributed by atoms with Gasteiger partial charge in [-0.25, -0.2) is 0 Å². The molecule has 0 saturated heterocycles. The first-order valence-electron chi connectivity index (χ1n) is 6.94. The van der Waals surface area contributed by atoms with Crippen molar-refractivity contribution in [3.05, 3.63) is 42.2 Å². The van der Waals surface area contributed by atoms with Gasteiger partial charge in [-0.2, -0.15) is 0 Å². The molecule has 0 amide bonds. The summed E-state index contributed by atoms with van der Waals surface area (Å²) >= 11 is 0. The molecule has 19 heavy (non-hydrogen) atoms. The van der Waals surface area contributed by atoms with Crippen molar-refractivity contribution in [2.75, 3.05) is 19.6 Å². The molecule has 0 atom stereocenters. The number of aromatic nitrogens is 1. The molecule has 0 fully saturated rings. The fourth-order valence-corrected chi connectivity index (χ4v) is 1.76. The maximum absolute atomic E-state index is 4.37. The van der Waals surface area contributed by atoms with E-state index in [0.29, 0.717) is 0 Å². The molecule has 1 rings (SSSR count). The third kappa shape index (κ3) is 7.09.